The largest absolute Gasteiger partial charge is 0.490 e. The zero-order valence-electron chi connectivity index (χ0n) is 17.7. The fraction of sp³-hybridized carbons (Fsp3) is 0.944. The minimum atomic E-state index is -5.08. The number of piperidine rings is 1. The van der Waals surface area contributed by atoms with Crippen molar-refractivity contribution in [3.05, 3.63) is 0 Å². The summed E-state index contributed by atoms with van der Waals surface area (Å²) in [6, 6.07) is 0.512. The number of ether oxygens (including phenoxy) is 1. The zero-order chi connectivity index (χ0) is 22.7. The maximum absolute atomic E-state index is 12.3. The lowest BCUT2D eigenvalue weighted by atomic mass is 9.77. The summed E-state index contributed by atoms with van der Waals surface area (Å²) in [7, 11) is 1.74. The number of halogens is 3. The molecule has 1 unspecified atom stereocenters. The predicted molar refractivity (Wildman–Crippen MR) is 104 cm³/mol. The van der Waals surface area contributed by atoms with Crippen LogP contribution >= 0.6 is 0 Å². The number of methoxy groups -OCH3 is 1. The number of aliphatic carboxylic acids is 1. The Labute approximate surface area is 176 Å². The van der Waals surface area contributed by atoms with Gasteiger partial charge in [0.1, 0.15) is 0 Å². The fourth-order valence-corrected chi connectivity index (χ4v) is 5.35. The molecule has 0 amide bonds. The highest BCUT2D eigenvalue weighted by molar-refractivity contribution is 7.86. The number of carboxylic acids is 1. The first-order valence-corrected chi connectivity index (χ1v) is 11.4. The van der Waals surface area contributed by atoms with E-state index < -0.39 is 22.4 Å². The van der Waals surface area contributed by atoms with Crippen molar-refractivity contribution in [2.75, 3.05) is 54.0 Å². The molecule has 0 aromatic carbocycles. The van der Waals surface area contributed by atoms with Crippen LogP contribution in [-0.2, 0) is 19.7 Å². The highest BCUT2D eigenvalue weighted by Crippen LogP contribution is 2.45. The van der Waals surface area contributed by atoms with Crippen molar-refractivity contribution in [2.45, 2.75) is 44.3 Å². The van der Waals surface area contributed by atoms with E-state index in [-0.39, 0.29) is 5.41 Å². The van der Waals surface area contributed by atoms with Crippen LogP contribution in [0.4, 0.5) is 13.2 Å². The van der Waals surface area contributed by atoms with Gasteiger partial charge in [-0.25, -0.2) is 4.79 Å². The van der Waals surface area contributed by atoms with Crippen molar-refractivity contribution in [3.8, 4) is 0 Å². The summed E-state index contributed by atoms with van der Waals surface area (Å²) in [5.74, 6) is -1.87. The van der Waals surface area contributed by atoms with Gasteiger partial charge in [-0.2, -0.15) is 30.2 Å². The van der Waals surface area contributed by atoms with Crippen molar-refractivity contribution >= 4 is 16.2 Å². The first-order valence-electron chi connectivity index (χ1n) is 10.0. The van der Waals surface area contributed by atoms with Crippen LogP contribution < -0.4 is 0 Å². The lowest BCUT2D eigenvalue weighted by molar-refractivity contribution is -0.192. The molecule has 2 saturated heterocycles. The third kappa shape index (κ3) is 6.52. The van der Waals surface area contributed by atoms with Gasteiger partial charge in [-0.05, 0) is 43.4 Å². The molecule has 1 spiro atoms. The van der Waals surface area contributed by atoms with Gasteiger partial charge >= 0.3 is 12.1 Å². The van der Waals surface area contributed by atoms with E-state index in [1.165, 1.54) is 23.7 Å². The van der Waals surface area contributed by atoms with E-state index in [4.69, 9.17) is 14.6 Å². The second-order valence-corrected chi connectivity index (χ2v) is 10.8. The molecular formula is C18H32F3N3O5S. The molecule has 8 nitrogen and oxygen atoms in total. The SMILES string of the molecule is COCC1CC2(CCN(S(=O)(=O)N(C)C)CC2)CN1CC1CC1.O=C(O)C(F)(F)F. The number of hydrogen-bond acceptors (Lipinski definition) is 5. The van der Waals surface area contributed by atoms with E-state index in [0.29, 0.717) is 19.1 Å². The summed E-state index contributed by atoms with van der Waals surface area (Å²) in [6.45, 7) is 4.42. The van der Waals surface area contributed by atoms with Crippen LogP contribution in [-0.4, -0.2) is 99.2 Å². The van der Waals surface area contributed by atoms with Crippen LogP contribution in [0, 0.1) is 11.3 Å². The maximum Gasteiger partial charge on any atom is 0.490 e. The minimum Gasteiger partial charge on any atom is -0.475 e. The van der Waals surface area contributed by atoms with Crippen LogP contribution in [0.3, 0.4) is 0 Å². The van der Waals surface area contributed by atoms with Crippen molar-refractivity contribution < 1.29 is 36.2 Å². The van der Waals surface area contributed by atoms with E-state index in [1.807, 2.05) is 0 Å². The Morgan fingerprint density at radius 3 is 2.17 bits per heavy atom. The molecule has 12 heteroatoms. The minimum absolute atomic E-state index is 0.288. The molecule has 0 bridgehead atoms. The second kappa shape index (κ2) is 9.68. The van der Waals surface area contributed by atoms with Crippen LogP contribution in [0.15, 0.2) is 0 Å². The molecular weight excluding hydrogens is 427 g/mol. The molecule has 1 aliphatic carbocycles. The lowest BCUT2D eigenvalue weighted by Gasteiger charge is -2.39. The van der Waals surface area contributed by atoms with Crippen LogP contribution in [0.1, 0.15) is 32.1 Å². The van der Waals surface area contributed by atoms with Gasteiger partial charge in [0.2, 0.25) is 0 Å². The summed E-state index contributed by atoms with van der Waals surface area (Å²) in [5.41, 5.74) is 0.288. The van der Waals surface area contributed by atoms with E-state index in [2.05, 4.69) is 4.90 Å². The molecule has 3 fully saturated rings. The Bertz CT molecular complexity index is 690. The standard InChI is InChI=1S/C16H31N3O3S.C2HF3O2/c1-17(2)23(20,21)19-8-6-16(7-9-19)10-15(12-22-3)18(13-16)11-14-4-5-14;3-2(4,5)1(6)7/h14-15H,4-13H2,1-3H3;(H,6,7). The molecule has 3 aliphatic rings. The van der Waals surface area contributed by atoms with Gasteiger partial charge in [-0.3, -0.25) is 4.90 Å². The molecule has 2 aliphatic heterocycles. The average Bonchev–Trinajstić information content (AvgIpc) is 3.39. The topological polar surface area (TPSA) is 90.4 Å². The Kier molecular flexibility index (Phi) is 8.17. The summed E-state index contributed by atoms with van der Waals surface area (Å²) >= 11 is 0. The van der Waals surface area contributed by atoms with E-state index >= 15 is 0 Å². The number of hydrogen-bond donors (Lipinski definition) is 1. The van der Waals surface area contributed by atoms with Gasteiger partial charge in [0.25, 0.3) is 10.2 Å². The normalized spacial score (nSPS) is 25.4. The molecule has 1 atom stereocenters. The van der Waals surface area contributed by atoms with Crippen molar-refractivity contribution in [1.82, 2.24) is 13.5 Å². The number of alkyl halides is 3. The van der Waals surface area contributed by atoms with Crippen molar-refractivity contribution in [2.24, 2.45) is 11.3 Å². The highest BCUT2D eigenvalue weighted by Gasteiger charge is 2.47. The summed E-state index contributed by atoms with van der Waals surface area (Å²) < 4.78 is 64.7. The molecule has 0 aromatic rings. The number of nitrogens with zero attached hydrogens (tertiary/aromatic N) is 3. The van der Waals surface area contributed by atoms with E-state index in [1.54, 1.807) is 25.5 Å². The third-order valence-electron chi connectivity index (χ3n) is 6.09. The molecule has 0 aromatic heterocycles. The lowest BCUT2D eigenvalue weighted by Crippen LogP contribution is -2.48. The third-order valence-corrected chi connectivity index (χ3v) is 8.03. The van der Waals surface area contributed by atoms with Gasteiger partial charge in [0.15, 0.2) is 0 Å². The molecule has 30 heavy (non-hydrogen) atoms. The molecule has 0 radical (unpaired) electrons. The van der Waals surface area contributed by atoms with Gasteiger partial charge in [-0.15, -0.1) is 0 Å². The monoisotopic (exact) mass is 459 g/mol. The number of carboxylic acid groups (broad SMARTS) is 1. The Morgan fingerprint density at radius 1 is 1.23 bits per heavy atom. The van der Waals surface area contributed by atoms with Crippen LogP contribution in [0.5, 0.6) is 0 Å². The van der Waals surface area contributed by atoms with Crippen molar-refractivity contribution in [3.63, 3.8) is 0 Å². The van der Waals surface area contributed by atoms with E-state index in [9.17, 15) is 21.6 Å². The first-order chi connectivity index (χ1) is 13.8. The van der Waals surface area contributed by atoms with Crippen LogP contribution in [0.25, 0.3) is 0 Å². The fourth-order valence-electron chi connectivity index (χ4n) is 4.24. The number of likely N-dealkylation sites (tertiary alicyclic amines) is 1. The van der Waals surface area contributed by atoms with Gasteiger partial charge < -0.3 is 9.84 Å². The highest BCUT2D eigenvalue weighted by atomic mass is 32.2. The van der Waals surface area contributed by atoms with E-state index in [0.717, 1.165) is 38.3 Å². The second-order valence-electron chi connectivity index (χ2n) is 8.68. The molecule has 3 rings (SSSR count). The quantitative estimate of drug-likeness (QED) is 0.650. The molecule has 176 valence electrons. The predicted octanol–water partition coefficient (Wildman–Crippen LogP) is 1.64. The van der Waals surface area contributed by atoms with Gasteiger partial charge in [0, 0.05) is 53.4 Å². The zero-order valence-corrected chi connectivity index (χ0v) is 18.5. The summed E-state index contributed by atoms with van der Waals surface area (Å²) in [4.78, 5) is 11.5. The number of rotatable bonds is 6. The van der Waals surface area contributed by atoms with Gasteiger partial charge in [-0.1, -0.05) is 0 Å². The Balaban J connectivity index is 0.000000396. The summed E-state index contributed by atoms with van der Waals surface area (Å²) in [5, 5.41) is 7.12. The molecule has 1 N–H and O–H groups in total. The molecule has 2 heterocycles. The molecule has 1 saturated carbocycles. The van der Waals surface area contributed by atoms with Crippen LogP contribution in [0.2, 0.25) is 0 Å². The Hall–Kier alpha value is -0.950. The average molecular weight is 460 g/mol. The van der Waals surface area contributed by atoms with Crippen molar-refractivity contribution in [1.29, 1.82) is 0 Å². The number of carbonyl (C=O) groups is 1. The summed E-state index contributed by atoms with van der Waals surface area (Å²) in [6.07, 6.45) is 0.766. The van der Waals surface area contributed by atoms with Gasteiger partial charge in [0.05, 0.1) is 6.61 Å². The smallest absolute Gasteiger partial charge is 0.475 e. The first kappa shape index (κ1) is 25.3. The Morgan fingerprint density at radius 2 is 1.77 bits per heavy atom. The maximum atomic E-state index is 12.3.